The Labute approximate surface area is 78.2 Å². The van der Waals surface area contributed by atoms with E-state index in [-0.39, 0.29) is 17.0 Å². The monoisotopic (exact) mass is 189 g/mol. The smallest absolute Gasteiger partial charge is 0.100 e. The highest BCUT2D eigenvalue weighted by Gasteiger charge is 2.43. The maximum Gasteiger partial charge on any atom is 0.100 e. The third-order valence-electron chi connectivity index (χ3n) is 2.49. The van der Waals surface area contributed by atoms with Crippen LogP contribution in [-0.4, -0.2) is 43.3 Å². The van der Waals surface area contributed by atoms with E-state index in [0.717, 1.165) is 13.1 Å². The Morgan fingerprint density at radius 2 is 2.17 bits per heavy atom. The molecular weight excluding hydrogens is 174 g/mol. The Balaban J connectivity index is 2.09. The summed E-state index contributed by atoms with van der Waals surface area (Å²) in [5.41, 5.74) is 0. The summed E-state index contributed by atoms with van der Waals surface area (Å²) < 4.78 is 11.1. The molecular formula is C8H15NO2S. The molecule has 12 heavy (non-hydrogen) atoms. The first kappa shape index (κ1) is 8.81. The number of ether oxygens (including phenoxy) is 2. The summed E-state index contributed by atoms with van der Waals surface area (Å²) >= 11 is 4.57. The van der Waals surface area contributed by atoms with Crippen molar-refractivity contribution in [3.05, 3.63) is 0 Å². The van der Waals surface area contributed by atoms with Gasteiger partial charge in [0.1, 0.15) is 6.10 Å². The topological polar surface area (TPSA) is 30.5 Å². The van der Waals surface area contributed by atoms with Crippen molar-refractivity contribution >= 4 is 12.6 Å². The first-order valence-corrected chi connectivity index (χ1v) is 4.81. The third kappa shape index (κ3) is 1.48. The molecule has 0 amide bonds. The van der Waals surface area contributed by atoms with Crippen LogP contribution in [0.1, 0.15) is 6.92 Å². The van der Waals surface area contributed by atoms with E-state index in [1.54, 1.807) is 0 Å². The molecule has 2 aliphatic rings. The Bertz CT molecular complexity index is 172. The molecule has 0 saturated carbocycles. The van der Waals surface area contributed by atoms with Crippen LogP contribution in [-0.2, 0) is 9.47 Å². The molecule has 0 aromatic carbocycles. The lowest BCUT2D eigenvalue weighted by molar-refractivity contribution is -0.157. The van der Waals surface area contributed by atoms with Gasteiger partial charge in [-0.3, -0.25) is 0 Å². The quantitative estimate of drug-likeness (QED) is 0.528. The van der Waals surface area contributed by atoms with Crippen LogP contribution in [0.4, 0.5) is 0 Å². The van der Waals surface area contributed by atoms with Gasteiger partial charge in [0.05, 0.1) is 24.1 Å². The average Bonchev–Trinajstić information content (AvgIpc) is 2.04. The van der Waals surface area contributed by atoms with Crippen LogP contribution < -0.4 is 5.32 Å². The second-order valence-electron chi connectivity index (χ2n) is 3.69. The van der Waals surface area contributed by atoms with Crippen LogP contribution in [0.25, 0.3) is 0 Å². The van der Waals surface area contributed by atoms with E-state index < -0.39 is 0 Å². The number of hydrogen-bond acceptors (Lipinski definition) is 4. The van der Waals surface area contributed by atoms with Crippen molar-refractivity contribution in [2.75, 3.05) is 26.3 Å². The minimum absolute atomic E-state index is 0.0939. The summed E-state index contributed by atoms with van der Waals surface area (Å²) in [6.07, 6.45) is 0.339. The van der Waals surface area contributed by atoms with Gasteiger partial charge in [-0.05, 0) is 6.92 Å². The van der Waals surface area contributed by atoms with E-state index in [2.05, 4.69) is 24.9 Å². The van der Waals surface area contributed by atoms with Crippen molar-refractivity contribution in [2.24, 2.45) is 0 Å². The van der Waals surface area contributed by atoms with Crippen LogP contribution in [0, 0.1) is 0 Å². The van der Waals surface area contributed by atoms with Crippen molar-refractivity contribution in [2.45, 2.75) is 23.9 Å². The third-order valence-corrected chi connectivity index (χ3v) is 2.90. The van der Waals surface area contributed by atoms with Crippen molar-refractivity contribution in [3.63, 3.8) is 0 Å². The lowest BCUT2D eigenvalue weighted by Gasteiger charge is -2.45. The first-order chi connectivity index (χ1) is 5.70. The molecule has 0 bridgehead atoms. The zero-order chi connectivity index (χ0) is 8.60. The molecule has 0 aromatic rings. The van der Waals surface area contributed by atoms with Gasteiger partial charge in [-0.15, -0.1) is 0 Å². The van der Waals surface area contributed by atoms with Gasteiger partial charge >= 0.3 is 0 Å². The molecule has 0 radical (unpaired) electrons. The second kappa shape index (κ2) is 3.18. The van der Waals surface area contributed by atoms with Gasteiger partial charge in [0.25, 0.3) is 0 Å². The van der Waals surface area contributed by atoms with Crippen molar-refractivity contribution in [1.82, 2.24) is 5.32 Å². The zero-order valence-electron chi connectivity index (χ0n) is 7.25. The van der Waals surface area contributed by atoms with E-state index >= 15 is 0 Å². The molecule has 1 unspecified atom stereocenters. The maximum atomic E-state index is 5.66. The highest BCUT2D eigenvalue weighted by molar-refractivity contribution is 7.81. The van der Waals surface area contributed by atoms with Gasteiger partial charge in [0.2, 0.25) is 0 Å². The fraction of sp³-hybridized carbons (Fsp3) is 1.00. The molecule has 2 saturated heterocycles. The highest BCUT2D eigenvalue weighted by atomic mass is 32.1. The molecule has 1 N–H and O–H groups in total. The summed E-state index contributed by atoms with van der Waals surface area (Å²) in [4.78, 5) is 0. The lowest BCUT2D eigenvalue weighted by Crippen LogP contribution is -2.62. The summed E-state index contributed by atoms with van der Waals surface area (Å²) in [5.74, 6) is 0. The molecule has 0 aromatic heterocycles. The number of piperidine rings is 1. The van der Waals surface area contributed by atoms with E-state index in [0.29, 0.717) is 13.2 Å². The zero-order valence-corrected chi connectivity index (χ0v) is 8.14. The number of nitrogens with one attached hydrogen (secondary N) is 1. The van der Waals surface area contributed by atoms with Crippen LogP contribution >= 0.6 is 12.6 Å². The molecule has 2 aliphatic heterocycles. The Morgan fingerprint density at radius 3 is 2.92 bits per heavy atom. The van der Waals surface area contributed by atoms with Gasteiger partial charge in [0.15, 0.2) is 0 Å². The molecule has 2 fully saturated rings. The van der Waals surface area contributed by atoms with Crippen molar-refractivity contribution in [3.8, 4) is 0 Å². The van der Waals surface area contributed by atoms with Crippen LogP contribution in [0.3, 0.4) is 0 Å². The van der Waals surface area contributed by atoms with E-state index in [4.69, 9.17) is 9.47 Å². The predicted molar refractivity (Wildman–Crippen MR) is 49.7 cm³/mol. The Hall–Kier alpha value is 0.230. The number of thiol groups is 1. The van der Waals surface area contributed by atoms with Gasteiger partial charge in [-0.1, -0.05) is 0 Å². The highest BCUT2D eigenvalue weighted by Crippen LogP contribution is 2.29. The van der Waals surface area contributed by atoms with E-state index in [9.17, 15) is 0 Å². The van der Waals surface area contributed by atoms with E-state index in [1.165, 1.54) is 0 Å². The summed E-state index contributed by atoms with van der Waals surface area (Å²) in [7, 11) is 0. The Morgan fingerprint density at radius 1 is 1.42 bits per heavy atom. The van der Waals surface area contributed by atoms with Gasteiger partial charge in [-0.25, -0.2) is 0 Å². The van der Waals surface area contributed by atoms with Gasteiger partial charge < -0.3 is 14.8 Å². The maximum absolute atomic E-state index is 5.66. The minimum atomic E-state index is -0.0939. The molecule has 3 nitrogen and oxygen atoms in total. The molecule has 0 spiro atoms. The molecule has 0 aliphatic carbocycles. The second-order valence-corrected chi connectivity index (χ2v) is 4.71. The fourth-order valence-corrected chi connectivity index (χ4v) is 2.24. The summed E-state index contributed by atoms with van der Waals surface area (Å²) in [6, 6.07) is 0. The van der Waals surface area contributed by atoms with Crippen molar-refractivity contribution < 1.29 is 9.47 Å². The molecule has 2 rings (SSSR count). The Kier molecular flexibility index (Phi) is 2.33. The normalized spacial score (nSPS) is 48.5. The van der Waals surface area contributed by atoms with Gasteiger partial charge in [-0.2, -0.15) is 12.6 Å². The molecule has 3 atom stereocenters. The molecule has 2 heterocycles. The van der Waals surface area contributed by atoms with Crippen molar-refractivity contribution in [1.29, 1.82) is 0 Å². The average molecular weight is 189 g/mol. The van der Waals surface area contributed by atoms with Gasteiger partial charge in [0, 0.05) is 13.1 Å². The number of hydrogen-bond donors (Lipinski definition) is 2. The van der Waals surface area contributed by atoms with E-state index in [1.807, 2.05) is 0 Å². The molecule has 70 valence electrons. The fourth-order valence-electron chi connectivity index (χ4n) is 1.88. The predicted octanol–water partition coefficient (Wildman–Crippen LogP) is 0.0621. The first-order valence-electron chi connectivity index (χ1n) is 4.36. The standard InChI is InChI=1S/C8H15NO2S/c1-8(12)5-9-4-6-7(8)11-3-2-10-6/h6-7,9,12H,2-5H2,1H3/t6-,7-,8?/m0/s1. The SMILES string of the molecule is CC1(S)CNC[C@@H]2OCCO[C@@H]21. The van der Waals surface area contributed by atoms with Crippen LogP contribution in [0.2, 0.25) is 0 Å². The molecule has 4 heteroatoms. The number of fused-ring (bicyclic) bond motifs is 1. The van der Waals surface area contributed by atoms with Crippen LogP contribution in [0.5, 0.6) is 0 Å². The van der Waals surface area contributed by atoms with Crippen LogP contribution in [0.15, 0.2) is 0 Å². The number of rotatable bonds is 0. The lowest BCUT2D eigenvalue weighted by atomic mass is 9.94. The summed E-state index contributed by atoms with van der Waals surface area (Å²) in [5, 5.41) is 3.29. The largest absolute Gasteiger partial charge is 0.372 e. The summed E-state index contributed by atoms with van der Waals surface area (Å²) in [6.45, 7) is 5.29. The minimum Gasteiger partial charge on any atom is -0.372 e.